The van der Waals surface area contributed by atoms with Gasteiger partial charge in [-0.05, 0) is 46.3 Å². The minimum Gasteiger partial charge on any atom is -0.312 e. The lowest BCUT2D eigenvalue weighted by Crippen LogP contribution is -2.14. The van der Waals surface area contributed by atoms with Crippen molar-refractivity contribution in [2.45, 2.75) is 52.5 Å². The summed E-state index contributed by atoms with van der Waals surface area (Å²) in [5, 5.41) is 5.64. The minimum absolute atomic E-state index is 0.865. The Morgan fingerprint density at radius 2 is 2.00 bits per heavy atom. The van der Waals surface area contributed by atoms with E-state index in [0.717, 1.165) is 19.0 Å². The molecule has 0 saturated heterocycles. The molecule has 1 nitrogen and oxygen atoms in total. The van der Waals surface area contributed by atoms with Crippen LogP contribution in [0.1, 0.15) is 50.8 Å². The van der Waals surface area contributed by atoms with Gasteiger partial charge in [0, 0.05) is 15.9 Å². The van der Waals surface area contributed by atoms with Gasteiger partial charge in [-0.3, -0.25) is 0 Å². The molecular formula is C14H24BrNS. The fraction of sp³-hybridized carbons (Fsp3) is 0.714. The molecule has 0 aliphatic rings. The number of nitrogens with one attached hydrogen (secondary N) is 1. The van der Waals surface area contributed by atoms with Gasteiger partial charge in [0.25, 0.3) is 0 Å². The van der Waals surface area contributed by atoms with Gasteiger partial charge < -0.3 is 5.32 Å². The number of halogens is 1. The second-order valence-electron chi connectivity index (χ2n) is 4.97. The number of hydrogen-bond donors (Lipinski definition) is 1. The molecular weight excluding hydrogens is 294 g/mol. The van der Waals surface area contributed by atoms with Crippen molar-refractivity contribution < 1.29 is 0 Å². The first-order valence-electron chi connectivity index (χ1n) is 6.62. The first kappa shape index (κ1) is 15.2. The normalized spacial score (nSPS) is 11.3. The largest absolute Gasteiger partial charge is 0.312 e. The average Bonchev–Trinajstić information content (AvgIpc) is 2.68. The maximum atomic E-state index is 3.55. The van der Waals surface area contributed by atoms with E-state index in [4.69, 9.17) is 0 Å². The molecule has 1 rings (SSSR count). The quantitative estimate of drug-likeness (QED) is 0.617. The van der Waals surface area contributed by atoms with Crippen LogP contribution in [-0.2, 0) is 6.54 Å². The lowest BCUT2D eigenvalue weighted by molar-refractivity contribution is 0.512. The monoisotopic (exact) mass is 317 g/mol. The maximum absolute atomic E-state index is 3.55. The van der Waals surface area contributed by atoms with E-state index in [9.17, 15) is 0 Å². The van der Waals surface area contributed by atoms with Crippen LogP contribution in [-0.4, -0.2) is 6.54 Å². The van der Waals surface area contributed by atoms with Crippen molar-refractivity contribution >= 4 is 27.3 Å². The lowest BCUT2D eigenvalue weighted by atomic mass is 10.0. The molecule has 1 aromatic rings. The Kier molecular flexibility index (Phi) is 8.15. The molecule has 0 aliphatic heterocycles. The molecule has 0 saturated carbocycles. The van der Waals surface area contributed by atoms with E-state index in [1.807, 2.05) is 11.3 Å². The van der Waals surface area contributed by atoms with E-state index >= 15 is 0 Å². The summed E-state index contributed by atoms with van der Waals surface area (Å²) >= 11 is 5.37. The molecule has 17 heavy (non-hydrogen) atoms. The van der Waals surface area contributed by atoms with Crippen LogP contribution in [0, 0.1) is 5.92 Å². The fourth-order valence-electron chi connectivity index (χ4n) is 1.81. The smallest absolute Gasteiger partial charge is 0.0327 e. The second kappa shape index (κ2) is 9.12. The molecule has 0 fully saturated rings. The number of rotatable bonds is 9. The zero-order valence-electron chi connectivity index (χ0n) is 11.0. The summed E-state index contributed by atoms with van der Waals surface area (Å²) in [7, 11) is 0. The highest BCUT2D eigenvalue weighted by Gasteiger charge is 1.99. The Balaban J connectivity index is 1.90. The second-order valence-corrected chi connectivity index (χ2v) is 6.82. The van der Waals surface area contributed by atoms with E-state index in [1.54, 1.807) is 0 Å². The van der Waals surface area contributed by atoms with Gasteiger partial charge in [-0.2, -0.15) is 0 Å². The molecule has 0 amide bonds. The van der Waals surface area contributed by atoms with E-state index < -0.39 is 0 Å². The first-order chi connectivity index (χ1) is 8.20. The van der Waals surface area contributed by atoms with Crippen molar-refractivity contribution in [2.24, 2.45) is 5.92 Å². The van der Waals surface area contributed by atoms with Crippen LogP contribution in [0.5, 0.6) is 0 Å². The average molecular weight is 318 g/mol. The Morgan fingerprint density at radius 1 is 1.24 bits per heavy atom. The molecule has 0 aromatic carbocycles. The maximum Gasteiger partial charge on any atom is 0.0327 e. The fourth-order valence-corrected chi connectivity index (χ4v) is 3.27. The lowest BCUT2D eigenvalue weighted by Gasteiger charge is -2.05. The van der Waals surface area contributed by atoms with Gasteiger partial charge in [-0.15, -0.1) is 11.3 Å². The Morgan fingerprint density at radius 3 is 2.65 bits per heavy atom. The molecule has 98 valence electrons. The van der Waals surface area contributed by atoms with Crippen molar-refractivity contribution in [2.75, 3.05) is 6.54 Å². The highest BCUT2D eigenvalue weighted by atomic mass is 79.9. The van der Waals surface area contributed by atoms with Crippen LogP contribution in [0.4, 0.5) is 0 Å². The Hall–Kier alpha value is 0.140. The predicted molar refractivity (Wildman–Crippen MR) is 81.6 cm³/mol. The number of hydrogen-bond acceptors (Lipinski definition) is 2. The molecule has 0 unspecified atom stereocenters. The molecule has 1 aromatic heterocycles. The van der Waals surface area contributed by atoms with Gasteiger partial charge >= 0.3 is 0 Å². The summed E-state index contributed by atoms with van der Waals surface area (Å²) in [5.74, 6) is 0.865. The van der Waals surface area contributed by atoms with Crippen LogP contribution < -0.4 is 5.32 Å². The summed E-state index contributed by atoms with van der Waals surface area (Å²) < 4.78 is 1.24. The van der Waals surface area contributed by atoms with Crippen LogP contribution >= 0.6 is 27.3 Å². The number of thiophene rings is 1. The SMILES string of the molecule is CC(C)CCCCCCNCc1sccc1Br. The third kappa shape index (κ3) is 7.22. The van der Waals surface area contributed by atoms with Crippen molar-refractivity contribution in [1.29, 1.82) is 0 Å². The molecule has 0 atom stereocenters. The van der Waals surface area contributed by atoms with Crippen LogP contribution in [0.2, 0.25) is 0 Å². The van der Waals surface area contributed by atoms with Gasteiger partial charge in [0.05, 0.1) is 0 Å². The van der Waals surface area contributed by atoms with E-state index in [1.165, 1.54) is 41.5 Å². The molecule has 0 bridgehead atoms. The highest BCUT2D eigenvalue weighted by molar-refractivity contribution is 9.10. The van der Waals surface area contributed by atoms with E-state index in [-0.39, 0.29) is 0 Å². The standard InChI is InChI=1S/C14H24BrNS/c1-12(2)7-5-3-4-6-9-16-11-14-13(15)8-10-17-14/h8,10,12,16H,3-7,9,11H2,1-2H3. The molecule has 3 heteroatoms. The molecule has 1 heterocycles. The number of unbranched alkanes of at least 4 members (excludes halogenated alkanes) is 3. The topological polar surface area (TPSA) is 12.0 Å². The van der Waals surface area contributed by atoms with Gasteiger partial charge in [0.1, 0.15) is 0 Å². The van der Waals surface area contributed by atoms with Crippen molar-refractivity contribution in [3.63, 3.8) is 0 Å². The van der Waals surface area contributed by atoms with Crippen LogP contribution in [0.25, 0.3) is 0 Å². The Labute approximate surface area is 118 Å². The first-order valence-corrected chi connectivity index (χ1v) is 8.30. The van der Waals surface area contributed by atoms with E-state index in [2.05, 4.69) is 46.5 Å². The molecule has 0 aliphatic carbocycles. The van der Waals surface area contributed by atoms with Gasteiger partial charge in [0.2, 0.25) is 0 Å². The van der Waals surface area contributed by atoms with Crippen molar-refractivity contribution in [1.82, 2.24) is 5.32 Å². The third-order valence-corrected chi connectivity index (χ3v) is 4.79. The molecule has 0 spiro atoms. The summed E-state index contributed by atoms with van der Waals surface area (Å²) in [6.07, 6.45) is 6.85. The van der Waals surface area contributed by atoms with Crippen molar-refractivity contribution in [3.8, 4) is 0 Å². The summed E-state index contributed by atoms with van der Waals surface area (Å²) in [5.41, 5.74) is 0. The zero-order chi connectivity index (χ0) is 12.5. The van der Waals surface area contributed by atoms with E-state index in [0.29, 0.717) is 0 Å². The minimum atomic E-state index is 0.865. The zero-order valence-corrected chi connectivity index (χ0v) is 13.4. The van der Waals surface area contributed by atoms with Crippen LogP contribution in [0.3, 0.4) is 0 Å². The predicted octanol–water partition coefficient (Wildman–Crippen LogP) is 5.21. The summed E-state index contributed by atoms with van der Waals surface area (Å²) in [6.45, 7) is 6.76. The Bertz CT molecular complexity index is 296. The van der Waals surface area contributed by atoms with Crippen LogP contribution in [0.15, 0.2) is 15.9 Å². The highest BCUT2D eigenvalue weighted by Crippen LogP contribution is 2.22. The summed E-state index contributed by atoms with van der Waals surface area (Å²) in [6, 6.07) is 2.12. The van der Waals surface area contributed by atoms with Gasteiger partial charge in [-0.1, -0.05) is 39.5 Å². The van der Waals surface area contributed by atoms with Gasteiger partial charge in [-0.25, -0.2) is 0 Å². The molecule has 1 N–H and O–H groups in total. The van der Waals surface area contributed by atoms with Crippen molar-refractivity contribution in [3.05, 3.63) is 20.8 Å². The molecule has 0 radical (unpaired) electrons. The third-order valence-electron chi connectivity index (χ3n) is 2.86. The summed E-state index contributed by atoms with van der Waals surface area (Å²) in [4.78, 5) is 1.41. The van der Waals surface area contributed by atoms with Gasteiger partial charge in [0.15, 0.2) is 0 Å².